The van der Waals surface area contributed by atoms with E-state index in [1.54, 1.807) is 4.68 Å². The van der Waals surface area contributed by atoms with E-state index in [2.05, 4.69) is 21.0 Å². The molecular formula is C20H23N5O. The van der Waals surface area contributed by atoms with E-state index in [1.807, 2.05) is 67.9 Å². The fourth-order valence-electron chi connectivity index (χ4n) is 3.22. The van der Waals surface area contributed by atoms with Gasteiger partial charge in [0.25, 0.3) is 0 Å². The molecule has 6 heteroatoms. The molecule has 26 heavy (non-hydrogen) atoms. The summed E-state index contributed by atoms with van der Waals surface area (Å²) in [6, 6.07) is 10.2. The number of anilines is 1. The molecule has 0 atom stereocenters. The van der Waals surface area contributed by atoms with Crippen molar-refractivity contribution in [1.82, 2.24) is 19.2 Å². The lowest BCUT2D eigenvalue weighted by Gasteiger charge is -2.23. The Morgan fingerprint density at radius 1 is 1.27 bits per heavy atom. The number of nitrogens with zero attached hydrogens (tertiary/aromatic N) is 4. The predicted molar refractivity (Wildman–Crippen MR) is 101 cm³/mol. The zero-order valence-electron chi connectivity index (χ0n) is 15.1. The fourth-order valence-corrected chi connectivity index (χ4v) is 3.22. The van der Waals surface area contributed by atoms with Gasteiger partial charge in [-0.15, -0.1) is 0 Å². The smallest absolute Gasteiger partial charge is 0.322 e. The molecule has 1 saturated carbocycles. The van der Waals surface area contributed by atoms with Gasteiger partial charge in [-0.3, -0.25) is 4.68 Å². The molecule has 2 amide bonds. The minimum absolute atomic E-state index is 0.0518. The minimum Gasteiger partial charge on any atom is -0.324 e. The summed E-state index contributed by atoms with van der Waals surface area (Å²) in [4.78, 5) is 14.9. The van der Waals surface area contributed by atoms with E-state index >= 15 is 0 Å². The Kier molecular flexibility index (Phi) is 4.24. The third-order valence-electron chi connectivity index (χ3n) is 4.79. The van der Waals surface area contributed by atoms with Crippen LogP contribution in [0.2, 0.25) is 0 Å². The summed E-state index contributed by atoms with van der Waals surface area (Å²) in [6.45, 7) is 2.62. The SMILES string of the molecule is Cc1c(NC(=O)N(Cc2cnn(C)c2)C2CC2)cccc1-n1cccc1. The third kappa shape index (κ3) is 3.35. The molecule has 4 rings (SSSR count). The number of rotatable bonds is 5. The highest BCUT2D eigenvalue weighted by Crippen LogP contribution is 2.30. The van der Waals surface area contributed by atoms with Crippen molar-refractivity contribution >= 4 is 11.7 Å². The minimum atomic E-state index is -0.0518. The molecular weight excluding hydrogens is 326 g/mol. The molecule has 1 N–H and O–H groups in total. The maximum absolute atomic E-state index is 12.9. The largest absolute Gasteiger partial charge is 0.324 e. The number of carbonyl (C=O) groups is 1. The lowest BCUT2D eigenvalue weighted by molar-refractivity contribution is 0.206. The Morgan fingerprint density at radius 2 is 2.04 bits per heavy atom. The van der Waals surface area contributed by atoms with Crippen molar-refractivity contribution in [3.05, 3.63) is 66.2 Å². The van der Waals surface area contributed by atoms with Gasteiger partial charge in [0.2, 0.25) is 0 Å². The predicted octanol–water partition coefficient (Wildman–Crippen LogP) is 3.72. The fraction of sp³-hybridized carbons (Fsp3) is 0.300. The van der Waals surface area contributed by atoms with Gasteiger partial charge in [0, 0.05) is 48.6 Å². The van der Waals surface area contributed by atoms with Crippen molar-refractivity contribution < 1.29 is 4.79 Å². The first-order valence-electron chi connectivity index (χ1n) is 8.90. The van der Waals surface area contributed by atoms with Crippen LogP contribution in [0.5, 0.6) is 0 Å². The standard InChI is InChI=1S/C20H23N5O/c1-15-18(6-5-7-19(15)24-10-3-4-11-24)22-20(26)25(17-8-9-17)14-16-12-21-23(2)13-16/h3-7,10-13,17H,8-9,14H2,1-2H3,(H,22,26). The first-order chi connectivity index (χ1) is 12.6. The van der Waals surface area contributed by atoms with Gasteiger partial charge in [0.05, 0.1) is 12.7 Å². The molecule has 0 spiro atoms. The zero-order chi connectivity index (χ0) is 18.1. The van der Waals surface area contributed by atoms with Gasteiger partial charge in [-0.1, -0.05) is 6.07 Å². The molecule has 3 aromatic rings. The van der Waals surface area contributed by atoms with Crippen LogP contribution in [-0.2, 0) is 13.6 Å². The molecule has 0 aliphatic heterocycles. The van der Waals surface area contributed by atoms with Gasteiger partial charge >= 0.3 is 6.03 Å². The number of hydrogen-bond donors (Lipinski definition) is 1. The Bertz CT molecular complexity index is 908. The van der Waals surface area contributed by atoms with Crippen molar-refractivity contribution in [3.8, 4) is 5.69 Å². The number of amides is 2. The molecule has 0 saturated heterocycles. The first kappa shape index (κ1) is 16.4. The number of carbonyl (C=O) groups excluding carboxylic acids is 1. The summed E-state index contributed by atoms with van der Waals surface area (Å²) in [6.07, 6.45) is 9.92. The summed E-state index contributed by atoms with van der Waals surface area (Å²) in [5.74, 6) is 0. The van der Waals surface area contributed by atoms with Crippen LogP contribution >= 0.6 is 0 Å². The maximum Gasteiger partial charge on any atom is 0.322 e. The van der Waals surface area contributed by atoms with Gasteiger partial charge in [-0.2, -0.15) is 5.10 Å². The number of benzene rings is 1. The number of aryl methyl sites for hydroxylation is 1. The third-order valence-corrected chi connectivity index (χ3v) is 4.79. The van der Waals surface area contributed by atoms with Gasteiger partial charge in [0.15, 0.2) is 0 Å². The van der Waals surface area contributed by atoms with Crippen molar-refractivity contribution in [3.63, 3.8) is 0 Å². The van der Waals surface area contributed by atoms with E-state index < -0.39 is 0 Å². The van der Waals surface area contributed by atoms with E-state index in [0.717, 1.165) is 35.3 Å². The van der Waals surface area contributed by atoms with Crippen LogP contribution in [-0.4, -0.2) is 31.3 Å². The van der Waals surface area contributed by atoms with Crippen LogP contribution in [0.25, 0.3) is 5.69 Å². The maximum atomic E-state index is 12.9. The molecule has 6 nitrogen and oxygen atoms in total. The Morgan fingerprint density at radius 3 is 2.69 bits per heavy atom. The molecule has 0 radical (unpaired) electrons. The normalized spacial score (nSPS) is 13.6. The molecule has 0 unspecified atom stereocenters. The van der Waals surface area contributed by atoms with Crippen LogP contribution < -0.4 is 5.32 Å². The Balaban J connectivity index is 1.54. The van der Waals surface area contributed by atoms with Crippen molar-refractivity contribution in [2.75, 3.05) is 5.32 Å². The second kappa shape index (κ2) is 6.71. The van der Waals surface area contributed by atoms with E-state index in [1.165, 1.54) is 0 Å². The molecule has 0 bridgehead atoms. The average molecular weight is 349 g/mol. The number of hydrogen-bond acceptors (Lipinski definition) is 2. The lowest BCUT2D eigenvalue weighted by atomic mass is 10.1. The Labute approximate surface area is 153 Å². The Hall–Kier alpha value is -3.02. The number of nitrogens with one attached hydrogen (secondary N) is 1. The molecule has 1 aromatic carbocycles. The highest BCUT2D eigenvalue weighted by Gasteiger charge is 2.33. The van der Waals surface area contributed by atoms with Crippen molar-refractivity contribution in [2.24, 2.45) is 7.05 Å². The van der Waals surface area contributed by atoms with Crippen LogP contribution in [0.15, 0.2) is 55.1 Å². The van der Waals surface area contributed by atoms with Crippen molar-refractivity contribution in [2.45, 2.75) is 32.4 Å². The first-order valence-corrected chi connectivity index (χ1v) is 8.90. The van der Waals surface area contributed by atoms with Gasteiger partial charge < -0.3 is 14.8 Å². The van der Waals surface area contributed by atoms with Crippen molar-refractivity contribution in [1.29, 1.82) is 0 Å². The average Bonchev–Trinajstić information content (AvgIpc) is 3.14. The van der Waals surface area contributed by atoms with Crippen LogP contribution in [0.3, 0.4) is 0 Å². The topological polar surface area (TPSA) is 55.1 Å². The van der Waals surface area contributed by atoms with Gasteiger partial charge in [-0.05, 0) is 49.6 Å². The molecule has 1 fully saturated rings. The van der Waals surface area contributed by atoms with E-state index in [0.29, 0.717) is 12.6 Å². The highest BCUT2D eigenvalue weighted by atomic mass is 16.2. The number of aromatic nitrogens is 3. The second-order valence-electron chi connectivity index (χ2n) is 6.85. The second-order valence-corrected chi connectivity index (χ2v) is 6.85. The monoisotopic (exact) mass is 349 g/mol. The summed E-state index contributed by atoms with van der Waals surface area (Å²) in [5.41, 5.74) is 4.01. The van der Waals surface area contributed by atoms with Gasteiger partial charge in [0.1, 0.15) is 0 Å². The van der Waals surface area contributed by atoms with Crippen LogP contribution in [0.4, 0.5) is 10.5 Å². The van der Waals surface area contributed by atoms with E-state index in [-0.39, 0.29) is 6.03 Å². The molecule has 2 aromatic heterocycles. The van der Waals surface area contributed by atoms with Crippen LogP contribution in [0.1, 0.15) is 24.0 Å². The zero-order valence-corrected chi connectivity index (χ0v) is 15.1. The number of urea groups is 1. The lowest BCUT2D eigenvalue weighted by Crippen LogP contribution is -2.36. The summed E-state index contributed by atoms with van der Waals surface area (Å²) >= 11 is 0. The van der Waals surface area contributed by atoms with Gasteiger partial charge in [-0.25, -0.2) is 4.79 Å². The molecule has 1 aliphatic rings. The van der Waals surface area contributed by atoms with E-state index in [9.17, 15) is 4.79 Å². The molecule has 1 aliphatic carbocycles. The molecule has 134 valence electrons. The summed E-state index contributed by atoms with van der Waals surface area (Å²) < 4.78 is 3.82. The summed E-state index contributed by atoms with van der Waals surface area (Å²) in [7, 11) is 1.89. The quantitative estimate of drug-likeness (QED) is 0.763. The van der Waals surface area contributed by atoms with E-state index in [4.69, 9.17) is 0 Å². The molecule has 2 heterocycles. The van der Waals surface area contributed by atoms with Crippen LogP contribution in [0, 0.1) is 6.92 Å². The summed E-state index contributed by atoms with van der Waals surface area (Å²) in [5, 5.41) is 7.31. The highest BCUT2D eigenvalue weighted by molar-refractivity contribution is 5.91.